The minimum atomic E-state index is -1.67. The van der Waals surface area contributed by atoms with Crippen LogP contribution >= 0.6 is 0 Å². The fourth-order valence-electron chi connectivity index (χ4n) is 1.17. The van der Waals surface area contributed by atoms with Gasteiger partial charge in [0.2, 0.25) is 0 Å². The number of carbonyl (C=O) groups excluding carboxylic acids is 1. The highest BCUT2D eigenvalue weighted by Gasteiger charge is 2.22. The van der Waals surface area contributed by atoms with Gasteiger partial charge in [0.05, 0.1) is 5.56 Å². The number of aromatic hydroxyl groups is 2. The Balaban J connectivity index is 3.45. The first-order chi connectivity index (χ1) is 6.86. The third kappa shape index (κ3) is 1.76. The van der Waals surface area contributed by atoms with Crippen molar-refractivity contribution in [3.63, 3.8) is 0 Å². The van der Waals surface area contributed by atoms with Gasteiger partial charge in [0.15, 0.2) is 11.5 Å². The van der Waals surface area contributed by atoms with Gasteiger partial charge in [0.1, 0.15) is 0 Å². The fraction of sp³-hybridized carbons (Fsp3) is 0.200. The molecule has 0 aliphatic carbocycles. The number of carboxylic acid groups (broad SMARTS) is 1. The summed E-state index contributed by atoms with van der Waals surface area (Å²) in [5.74, 6) is -4.07. The summed E-state index contributed by atoms with van der Waals surface area (Å²) < 4.78 is 0. The summed E-state index contributed by atoms with van der Waals surface area (Å²) in [7, 11) is 0. The number of benzene rings is 1. The maximum Gasteiger partial charge on any atom is 0.377 e. The van der Waals surface area contributed by atoms with E-state index in [9.17, 15) is 19.8 Å². The van der Waals surface area contributed by atoms with Crippen molar-refractivity contribution in [2.75, 3.05) is 0 Å². The Kier molecular flexibility index (Phi) is 2.65. The first-order valence-corrected chi connectivity index (χ1v) is 4.16. The van der Waals surface area contributed by atoms with Crippen molar-refractivity contribution < 1.29 is 24.9 Å². The van der Waals surface area contributed by atoms with Crippen LogP contribution in [0.1, 0.15) is 21.5 Å². The molecule has 3 N–H and O–H groups in total. The second-order valence-electron chi connectivity index (χ2n) is 3.20. The third-order valence-electron chi connectivity index (χ3n) is 2.23. The van der Waals surface area contributed by atoms with Crippen molar-refractivity contribution in [1.29, 1.82) is 0 Å². The molecule has 0 aliphatic rings. The molecule has 5 heteroatoms. The second kappa shape index (κ2) is 3.61. The highest BCUT2D eigenvalue weighted by molar-refractivity contribution is 6.40. The van der Waals surface area contributed by atoms with Gasteiger partial charge in [-0.2, -0.15) is 0 Å². The SMILES string of the molecule is Cc1cc(C(=O)C(=O)O)c(O)c(O)c1C. The molecule has 80 valence electrons. The first-order valence-electron chi connectivity index (χ1n) is 4.16. The Bertz CT molecular complexity index is 448. The zero-order valence-electron chi connectivity index (χ0n) is 8.24. The highest BCUT2D eigenvalue weighted by Crippen LogP contribution is 2.34. The number of hydrogen-bond acceptors (Lipinski definition) is 4. The van der Waals surface area contributed by atoms with Crippen LogP contribution in [-0.2, 0) is 4.79 Å². The molecule has 1 aromatic carbocycles. The maximum absolute atomic E-state index is 11.1. The molecular weight excluding hydrogens is 200 g/mol. The van der Waals surface area contributed by atoms with Crippen molar-refractivity contribution in [2.45, 2.75) is 13.8 Å². The molecule has 0 aliphatic heterocycles. The van der Waals surface area contributed by atoms with E-state index in [-0.39, 0.29) is 0 Å². The monoisotopic (exact) mass is 210 g/mol. The fourth-order valence-corrected chi connectivity index (χ4v) is 1.17. The molecule has 0 saturated carbocycles. The lowest BCUT2D eigenvalue weighted by molar-refractivity contribution is -0.131. The van der Waals surface area contributed by atoms with E-state index in [0.29, 0.717) is 11.1 Å². The van der Waals surface area contributed by atoms with E-state index in [4.69, 9.17) is 5.11 Å². The van der Waals surface area contributed by atoms with Crippen molar-refractivity contribution in [3.8, 4) is 11.5 Å². The maximum atomic E-state index is 11.1. The molecular formula is C10H10O5. The van der Waals surface area contributed by atoms with E-state index in [0.717, 1.165) is 0 Å². The lowest BCUT2D eigenvalue weighted by Gasteiger charge is -2.08. The van der Waals surface area contributed by atoms with Crippen molar-refractivity contribution in [1.82, 2.24) is 0 Å². The van der Waals surface area contributed by atoms with Crippen molar-refractivity contribution in [3.05, 3.63) is 22.8 Å². The lowest BCUT2D eigenvalue weighted by Crippen LogP contribution is -2.13. The van der Waals surface area contributed by atoms with Crippen LogP contribution in [0.2, 0.25) is 0 Å². The standard InChI is InChI=1S/C10H10O5/c1-4-3-6(9(13)10(14)15)8(12)7(11)5(4)2/h3,11-12H,1-2H3,(H,14,15). The number of aliphatic carboxylic acids is 1. The van der Waals surface area contributed by atoms with Crippen LogP contribution in [0, 0.1) is 13.8 Å². The topological polar surface area (TPSA) is 94.8 Å². The summed E-state index contributed by atoms with van der Waals surface area (Å²) in [6.45, 7) is 3.16. The van der Waals surface area contributed by atoms with E-state index in [2.05, 4.69) is 0 Å². The van der Waals surface area contributed by atoms with Gasteiger partial charge in [-0.25, -0.2) is 4.79 Å². The molecule has 0 heterocycles. The van der Waals surface area contributed by atoms with Crippen LogP contribution in [0.5, 0.6) is 11.5 Å². The molecule has 0 atom stereocenters. The van der Waals surface area contributed by atoms with Gasteiger partial charge < -0.3 is 15.3 Å². The normalized spacial score (nSPS) is 10.0. The number of ketones is 1. The van der Waals surface area contributed by atoms with Crippen molar-refractivity contribution >= 4 is 11.8 Å². The molecule has 15 heavy (non-hydrogen) atoms. The van der Waals surface area contributed by atoms with E-state index in [1.807, 2.05) is 0 Å². The first kappa shape index (κ1) is 11.0. The average molecular weight is 210 g/mol. The smallest absolute Gasteiger partial charge is 0.377 e. The zero-order valence-corrected chi connectivity index (χ0v) is 8.24. The van der Waals surface area contributed by atoms with Gasteiger partial charge in [0, 0.05) is 0 Å². The van der Waals surface area contributed by atoms with Crippen LogP contribution in [0.15, 0.2) is 6.07 Å². The van der Waals surface area contributed by atoms with Gasteiger partial charge in [-0.3, -0.25) is 4.79 Å². The van der Waals surface area contributed by atoms with Gasteiger partial charge in [0.25, 0.3) is 5.78 Å². The Morgan fingerprint density at radius 3 is 2.13 bits per heavy atom. The summed E-state index contributed by atoms with van der Waals surface area (Å²) in [6, 6.07) is 1.24. The molecule has 0 saturated heterocycles. The minimum Gasteiger partial charge on any atom is -0.504 e. The predicted molar refractivity (Wildman–Crippen MR) is 51.2 cm³/mol. The molecule has 1 aromatic rings. The molecule has 0 fully saturated rings. The molecule has 0 spiro atoms. The van der Waals surface area contributed by atoms with Crippen LogP contribution in [0.3, 0.4) is 0 Å². The molecule has 0 aromatic heterocycles. The number of rotatable bonds is 2. The molecule has 0 unspecified atom stereocenters. The Morgan fingerprint density at radius 1 is 1.13 bits per heavy atom. The summed E-state index contributed by atoms with van der Waals surface area (Å²) in [5, 5.41) is 27.3. The summed E-state index contributed by atoms with van der Waals surface area (Å²) in [4.78, 5) is 21.5. The molecule has 0 amide bonds. The average Bonchev–Trinajstić information content (AvgIpc) is 2.19. The van der Waals surface area contributed by atoms with Gasteiger partial charge in [-0.05, 0) is 31.0 Å². The van der Waals surface area contributed by atoms with Crippen LogP contribution < -0.4 is 0 Å². The van der Waals surface area contributed by atoms with E-state index >= 15 is 0 Å². The highest BCUT2D eigenvalue weighted by atomic mass is 16.4. The number of carboxylic acids is 1. The Hall–Kier alpha value is -2.04. The zero-order chi connectivity index (χ0) is 11.7. The summed E-state index contributed by atoms with van der Waals surface area (Å²) in [6.07, 6.45) is 0. The number of Topliss-reactive ketones (excluding diaryl/α,β-unsaturated/α-hetero) is 1. The van der Waals surface area contributed by atoms with Gasteiger partial charge in [-0.1, -0.05) is 0 Å². The summed E-state index contributed by atoms with van der Waals surface area (Å²) >= 11 is 0. The summed E-state index contributed by atoms with van der Waals surface area (Å²) in [5.41, 5.74) is 0.549. The number of hydrogen-bond donors (Lipinski definition) is 3. The van der Waals surface area contributed by atoms with E-state index in [1.165, 1.54) is 6.07 Å². The molecule has 5 nitrogen and oxygen atoms in total. The Morgan fingerprint density at radius 2 is 1.67 bits per heavy atom. The van der Waals surface area contributed by atoms with Crippen LogP contribution in [0.4, 0.5) is 0 Å². The number of aryl methyl sites for hydroxylation is 1. The number of carbonyl (C=O) groups is 2. The lowest BCUT2D eigenvalue weighted by atomic mass is 10.0. The van der Waals surface area contributed by atoms with Crippen molar-refractivity contribution in [2.24, 2.45) is 0 Å². The number of phenols is 2. The quantitative estimate of drug-likeness (QED) is 0.384. The van der Waals surface area contributed by atoms with Crippen LogP contribution in [0.25, 0.3) is 0 Å². The Labute approximate surface area is 85.6 Å². The second-order valence-corrected chi connectivity index (χ2v) is 3.20. The third-order valence-corrected chi connectivity index (χ3v) is 2.23. The molecule has 0 radical (unpaired) electrons. The van der Waals surface area contributed by atoms with Crippen LogP contribution in [-0.4, -0.2) is 27.1 Å². The van der Waals surface area contributed by atoms with Gasteiger partial charge >= 0.3 is 5.97 Å². The molecule has 1 rings (SSSR count). The minimum absolute atomic E-state index is 0.400. The van der Waals surface area contributed by atoms with E-state index < -0.39 is 28.8 Å². The largest absolute Gasteiger partial charge is 0.504 e. The molecule has 0 bridgehead atoms. The van der Waals surface area contributed by atoms with Gasteiger partial charge in [-0.15, -0.1) is 0 Å². The number of phenolic OH excluding ortho intramolecular Hbond substituents is 2. The predicted octanol–water partition coefficient (Wildman–Crippen LogP) is 0.982. The van der Waals surface area contributed by atoms with E-state index in [1.54, 1.807) is 13.8 Å².